The predicted octanol–water partition coefficient (Wildman–Crippen LogP) is 4.51. The third-order valence-corrected chi connectivity index (χ3v) is 7.31. The Labute approximate surface area is 217 Å². The van der Waals surface area contributed by atoms with Crippen LogP contribution in [0.4, 0.5) is 0 Å². The lowest BCUT2D eigenvalue weighted by atomic mass is 10.1. The van der Waals surface area contributed by atoms with Gasteiger partial charge in [0.1, 0.15) is 0 Å². The van der Waals surface area contributed by atoms with Gasteiger partial charge in [-0.05, 0) is 79.1 Å². The number of pyridine rings is 1. The van der Waals surface area contributed by atoms with E-state index in [9.17, 15) is 4.79 Å². The highest BCUT2D eigenvalue weighted by Crippen LogP contribution is 2.26. The highest BCUT2D eigenvalue weighted by atomic mass is 16.5. The second kappa shape index (κ2) is 11.4. The first-order chi connectivity index (χ1) is 18.0. The number of H-pyrrole nitrogens is 1. The van der Waals surface area contributed by atoms with Crippen LogP contribution in [0.5, 0.6) is 0 Å². The number of nitrogens with zero attached hydrogens (tertiary/aromatic N) is 5. The van der Waals surface area contributed by atoms with Crippen molar-refractivity contribution in [3.8, 4) is 0 Å². The monoisotopic (exact) mass is 500 g/mol. The van der Waals surface area contributed by atoms with Gasteiger partial charge >= 0.3 is 0 Å². The number of ether oxygens (including phenoxy) is 1. The largest absolute Gasteiger partial charge is 0.376 e. The molecular weight excluding hydrogens is 464 g/mol. The summed E-state index contributed by atoms with van der Waals surface area (Å²) < 4.78 is 7.76. The van der Waals surface area contributed by atoms with E-state index < -0.39 is 0 Å². The molecule has 4 aromatic rings. The van der Waals surface area contributed by atoms with E-state index in [4.69, 9.17) is 4.74 Å². The minimum Gasteiger partial charge on any atom is -0.376 e. The van der Waals surface area contributed by atoms with Crippen molar-refractivity contribution >= 4 is 10.9 Å². The number of rotatable bonds is 10. The first-order valence-electron chi connectivity index (χ1n) is 13.3. The van der Waals surface area contributed by atoms with Crippen LogP contribution in [0, 0.1) is 13.8 Å². The van der Waals surface area contributed by atoms with E-state index in [1.54, 1.807) is 0 Å². The summed E-state index contributed by atoms with van der Waals surface area (Å²) in [4.78, 5) is 18.6. The molecule has 2 aromatic heterocycles. The van der Waals surface area contributed by atoms with E-state index >= 15 is 0 Å². The first-order valence-corrected chi connectivity index (χ1v) is 13.3. The first kappa shape index (κ1) is 25.3. The fourth-order valence-electron chi connectivity index (χ4n) is 5.36. The third-order valence-electron chi connectivity index (χ3n) is 7.31. The molecule has 37 heavy (non-hydrogen) atoms. The molecule has 0 amide bonds. The summed E-state index contributed by atoms with van der Waals surface area (Å²) in [6.07, 6.45) is 3.94. The minimum absolute atomic E-state index is 0.0335. The van der Waals surface area contributed by atoms with Crippen molar-refractivity contribution in [1.82, 2.24) is 30.1 Å². The van der Waals surface area contributed by atoms with E-state index in [0.29, 0.717) is 13.1 Å². The zero-order valence-corrected chi connectivity index (χ0v) is 22.0. The lowest BCUT2D eigenvalue weighted by Crippen LogP contribution is -2.34. The molecule has 3 heterocycles. The van der Waals surface area contributed by atoms with Gasteiger partial charge in [-0.15, -0.1) is 5.10 Å². The van der Waals surface area contributed by atoms with Gasteiger partial charge in [-0.1, -0.05) is 48.4 Å². The number of hydrogen-bond acceptors (Lipinski definition) is 6. The number of benzene rings is 2. The van der Waals surface area contributed by atoms with Gasteiger partial charge < -0.3 is 9.72 Å². The maximum absolute atomic E-state index is 13.1. The Hall–Kier alpha value is -3.36. The lowest BCUT2D eigenvalue weighted by molar-refractivity contribution is 0.0893. The van der Waals surface area contributed by atoms with Gasteiger partial charge in [0.05, 0.1) is 18.7 Å². The molecule has 0 radical (unpaired) electrons. The van der Waals surface area contributed by atoms with Gasteiger partial charge in [-0.25, -0.2) is 4.68 Å². The van der Waals surface area contributed by atoms with E-state index in [1.807, 2.05) is 22.9 Å². The van der Waals surface area contributed by atoms with E-state index in [-0.39, 0.29) is 17.7 Å². The van der Waals surface area contributed by atoms with Crippen molar-refractivity contribution in [2.45, 2.75) is 71.7 Å². The molecule has 1 aliphatic rings. The topological polar surface area (TPSA) is 88.9 Å². The molecule has 0 aliphatic carbocycles. The van der Waals surface area contributed by atoms with E-state index in [1.165, 1.54) is 16.7 Å². The van der Waals surface area contributed by atoms with E-state index in [2.05, 4.69) is 76.5 Å². The number of aryl methyl sites for hydroxylation is 2. The molecule has 194 valence electrons. The number of aromatic nitrogens is 5. The Morgan fingerprint density at radius 1 is 1.16 bits per heavy atom. The zero-order valence-electron chi connectivity index (χ0n) is 22.0. The summed E-state index contributed by atoms with van der Waals surface area (Å²) in [6, 6.07) is 16.7. The molecule has 1 fully saturated rings. The molecule has 1 aliphatic heterocycles. The molecule has 1 saturated heterocycles. The van der Waals surface area contributed by atoms with Gasteiger partial charge in [0, 0.05) is 30.8 Å². The van der Waals surface area contributed by atoms with Crippen LogP contribution in [-0.4, -0.2) is 49.3 Å². The molecule has 5 rings (SSSR count). The Morgan fingerprint density at radius 2 is 2.03 bits per heavy atom. The molecule has 0 spiro atoms. The smallest absolute Gasteiger partial charge is 0.252 e. The van der Waals surface area contributed by atoms with Crippen molar-refractivity contribution in [2.75, 3.05) is 13.2 Å². The Bertz CT molecular complexity index is 1410. The molecule has 8 heteroatoms. The second-order valence-corrected chi connectivity index (χ2v) is 10.2. The molecule has 8 nitrogen and oxygen atoms in total. The number of nitrogens with one attached hydrogen (secondary N) is 1. The summed E-state index contributed by atoms with van der Waals surface area (Å²) in [5, 5.41) is 13.9. The molecule has 2 aromatic carbocycles. The van der Waals surface area contributed by atoms with Gasteiger partial charge in [0.25, 0.3) is 5.56 Å². The van der Waals surface area contributed by atoms with Gasteiger partial charge in [0.2, 0.25) is 0 Å². The molecule has 1 N–H and O–H groups in total. The maximum Gasteiger partial charge on any atom is 0.252 e. The molecular formula is C29H36N6O2. The summed E-state index contributed by atoms with van der Waals surface area (Å²) >= 11 is 0. The van der Waals surface area contributed by atoms with Crippen LogP contribution in [0.1, 0.15) is 60.3 Å². The van der Waals surface area contributed by atoms with Crippen LogP contribution < -0.4 is 5.56 Å². The average Bonchev–Trinajstić information content (AvgIpc) is 3.56. The number of tetrazole rings is 1. The fourth-order valence-corrected chi connectivity index (χ4v) is 5.36. The Kier molecular flexibility index (Phi) is 7.76. The Balaban J connectivity index is 1.46. The lowest BCUT2D eigenvalue weighted by Gasteiger charge is -2.30. The maximum atomic E-state index is 13.1. The highest BCUT2D eigenvalue weighted by molar-refractivity contribution is 5.79. The minimum atomic E-state index is -0.0503. The van der Waals surface area contributed by atoms with Crippen LogP contribution in [0.2, 0.25) is 0 Å². The molecule has 2 unspecified atom stereocenters. The molecule has 2 atom stereocenters. The summed E-state index contributed by atoms with van der Waals surface area (Å²) in [7, 11) is 0. The fraction of sp³-hybridized carbons (Fsp3) is 0.448. The second-order valence-electron chi connectivity index (χ2n) is 10.2. The standard InChI is InChI=1S/C29H36N6O2/c1-4-27(28-31-32-33-35(28)19-25-9-6-14-37-25)34(13-12-22-8-5-7-20(2)15-22)18-24-17-23-16-21(3)10-11-26(23)30-29(24)36/h5,7-8,10-11,15-17,25,27H,4,6,9,12-14,18-19H2,1-3H3,(H,30,36). The Morgan fingerprint density at radius 3 is 2.81 bits per heavy atom. The SMILES string of the molecule is CCC(c1nnnn1CC1CCCO1)N(CCc1cccc(C)c1)Cc1cc2cc(C)ccc2[nH]c1=O. The summed E-state index contributed by atoms with van der Waals surface area (Å²) in [5.74, 6) is 0.829. The van der Waals surface area contributed by atoms with Gasteiger partial charge in [-0.2, -0.15) is 0 Å². The number of fused-ring (bicyclic) bond motifs is 1. The quantitative estimate of drug-likeness (QED) is 0.345. The molecule has 0 saturated carbocycles. The zero-order chi connectivity index (χ0) is 25.8. The molecule has 0 bridgehead atoms. The summed E-state index contributed by atoms with van der Waals surface area (Å²) in [6.45, 7) is 9.08. The highest BCUT2D eigenvalue weighted by Gasteiger charge is 2.27. The van der Waals surface area contributed by atoms with Gasteiger partial charge in [0.15, 0.2) is 5.82 Å². The van der Waals surface area contributed by atoms with Crippen molar-refractivity contribution < 1.29 is 4.74 Å². The van der Waals surface area contributed by atoms with Crippen LogP contribution in [-0.2, 0) is 24.2 Å². The van der Waals surface area contributed by atoms with Gasteiger partial charge in [-0.3, -0.25) is 9.69 Å². The van der Waals surface area contributed by atoms with Crippen molar-refractivity contribution in [2.24, 2.45) is 0 Å². The number of aromatic amines is 1. The summed E-state index contributed by atoms with van der Waals surface area (Å²) in [5.41, 5.74) is 5.25. The van der Waals surface area contributed by atoms with Crippen LogP contribution in [0.3, 0.4) is 0 Å². The number of hydrogen-bond donors (Lipinski definition) is 1. The van der Waals surface area contributed by atoms with E-state index in [0.717, 1.165) is 61.1 Å². The normalized spacial score (nSPS) is 16.6. The van der Waals surface area contributed by atoms with Crippen molar-refractivity contribution in [3.63, 3.8) is 0 Å². The van der Waals surface area contributed by atoms with Crippen LogP contribution >= 0.6 is 0 Å². The van der Waals surface area contributed by atoms with Crippen LogP contribution in [0.25, 0.3) is 10.9 Å². The average molecular weight is 501 g/mol. The van der Waals surface area contributed by atoms with Crippen LogP contribution in [0.15, 0.2) is 53.3 Å². The van der Waals surface area contributed by atoms with Crippen molar-refractivity contribution in [1.29, 1.82) is 0 Å². The third kappa shape index (κ3) is 5.97. The van der Waals surface area contributed by atoms with Crippen molar-refractivity contribution in [3.05, 3.63) is 87.0 Å². The predicted molar refractivity (Wildman–Crippen MR) is 144 cm³/mol.